The molecule has 4 amide bonds. The van der Waals surface area contributed by atoms with Gasteiger partial charge in [-0.3, -0.25) is 24.0 Å². The highest BCUT2D eigenvalue weighted by atomic mass is 16.5. The molecule has 0 aliphatic carbocycles. The van der Waals surface area contributed by atoms with E-state index in [1.807, 2.05) is 0 Å². The zero-order valence-electron chi connectivity index (χ0n) is 10.0. The highest BCUT2D eigenvalue weighted by Gasteiger charge is 2.45. The maximum Gasteiger partial charge on any atom is 0.316 e. The number of rotatable bonds is 3. The summed E-state index contributed by atoms with van der Waals surface area (Å²) in [4.78, 5) is 57.5. The first-order valence-electron chi connectivity index (χ1n) is 5.62. The summed E-state index contributed by atoms with van der Waals surface area (Å²) in [5.74, 6) is -4.31. The molecule has 2 rings (SSSR count). The summed E-state index contributed by atoms with van der Waals surface area (Å²) in [5.41, 5.74) is 0. The lowest BCUT2D eigenvalue weighted by Crippen LogP contribution is -2.49. The van der Waals surface area contributed by atoms with Crippen molar-refractivity contribution in [2.24, 2.45) is 0 Å². The minimum absolute atomic E-state index is 0.0282. The lowest BCUT2D eigenvalue weighted by atomic mass is 10.4. The summed E-state index contributed by atoms with van der Waals surface area (Å²) in [6.07, 6.45) is 0.703. The van der Waals surface area contributed by atoms with Gasteiger partial charge in [-0.15, -0.1) is 0 Å². The van der Waals surface area contributed by atoms with Gasteiger partial charge in [-0.25, -0.2) is 0 Å². The smallest absolute Gasteiger partial charge is 0.316 e. The van der Waals surface area contributed by atoms with Gasteiger partial charge < -0.3 is 4.74 Å². The third kappa shape index (κ3) is 2.12. The monoisotopic (exact) mass is 266 g/mol. The SMILES string of the molecule is CCC(=O)OC1=CC(=O)N(N2C(=O)CCC2=O)C1=O. The van der Waals surface area contributed by atoms with Gasteiger partial charge in [0.25, 0.3) is 5.91 Å². The largest absolute Gasteiger partial charge is 0.420 e. The molecule has 2 heterocycles. The average Bonchev–Trinajstić information content (AvgIpc) is 2.82. The summed E-state index contributed by atoms with van der Waals surface area (Å²) in [7, 11) is 0. The molecule has 0 saturated carbocycles. The van der Waals surface area contributed by atoms with Crippen LogP contribution >= 0.6 is 0 Å². The second-order valence-corrected chi connectivity index (χ2v) is 3.89. The Hall–Kier alpha value is -2.51. The number of ether oxygens (including phenoxy) is 1. The molecular weight excluding hydrogens is 256 g/mol. The van der Waals surface area contributed by atoms with Gasteiger partial charge in [-0.05, 0) is 0 Å². The fourth-order valence-electron chi connectivity index (χ4n) is 1.68. The van der Waals surface area contributed by atoms with Crippen molar-refractivity contribution in [2.75, 3.05) is 0 Å². The Morgan fingerprint density at radius 2 is 1.74 bits per heavy atom. The molecule has 2 aliphatic heterocycles. The molecule has 0 spiro atoms. The molecule has 0 aromatic heterocycles. The molecular formula is C11H10N2O6. The van der Waals surface area contributed by atoms with Crippen molar-refractivity contribution in [3.8, 4) is 0 Å². The lowest BCUT2D eigenvalue weighted by molar-refractivity contribution is -0.172. The van der Waals surface area contributed by atoms with Crippen LogP contribution in [0.15, 0.2) is 11.8 Å². The Morgan fingerprint density at radius 3 is 2.26 bits per heavy atom. The van der Waals surface area contributed by atoms with Gasteiger partial charge in [-0.1, -0.05) is 6.92 Å². The molecule has 0 N–H and O–H groups in total. The Balaban J connectivity index is 2.21. The minimum Gasteiger partial charge on any atom is -0.420 e. The van der Waals surface area contributed by atoms with Crippen LogP contribution in [-0.2, 0) is 28.7 Å². The number of carbonyl (C=O) groups is 5. The van der Waals surface area contributed by atoms with Crippen molar-refractivity contribution in [2.45, 2.75) is 26.2 Å². The molecule has 0 radical (unpaired) electrons. The third-order valence-electron chi connectivity index (χ3n) is 2.60. The highest BCUT2D eigenvalue weighted by Crippen LogP contribution is 2.22. The molecule has 1 fully saturated rings. The topological polar surface area (TPSA) is 101 Å². The van der Waals surface area contributed by atoms with Crippen molar-refractivity contribution < 1.29 is 28.7 Å². The zero-order chi connectivity index (χ0) is 14.2. The van der Waals surface area contributed by atoms with Crippen molar-refractivity contribution in [1.82, 2.24) is 10.0 Å². The molecule has 8 nitrogen and oxygen atoms in total. The van der Waals surface area contributed by atoms with Crippen LogP contribution in [0.2, 0.25) is 0 Å². The van der Waals surface area contributed by atoms with Crippen LogP contribution in [0, 0.1) is 0 Å². The molecule has 19 heavy (non-hydrogen) atoms. The van der Waals surface area contributed by atoms with Crippen LogP contribution in [0.25, 0.3) is 0 Å². The highest BCUT2D eigenvalue weighted by molar-refractivity contribution is 6.19. The number of hydrogen-bond donors (Lipinski definition) is 0. The van der Waals surface area contributed by atoms with Crippen LogP contribution in [0.3, 0.4) is 0 Å². The number of carbonyl (C=O) groups excluding carboxylic acids is 5. The molecule has 8 heteroatoms. The number of hydrazine groups is 1. The van der Waals surface area contributed by atoms with E-state index in [4.69, 9.17) is 0 Å². The van der Waals surface area contributed by atoms with E-state index in [-0.39, 0.29) is 19.3 Å². The Bertz CT molecular complexity index is 519. The van der Waals surface area contributed by atoms with E-state index >= 15 is 0 Å². The summed E-state index contributed by atoms with van der Waals surface area (Å²) in [6, 6.07) is 0. The first kappa shape index (κ1) is 12.9. The average molecular weight is 266 g/mol. The van der Waals surface area contributed by atoms with Gasteiger partial charge in [-0.2, -0.15) is 10.0 Å². The Labute approximate surface area is 107 Å². The van der Waals surface area contributed by atoms with Crippen LogP contribution in [0.1, 0.15) is 26.2 Å². The second-order valence-electron chi connectivity index (χ2n) is 3.89. The molecule has 0 aromatic rings. The van der Waals surface area contributed by atoms with Gasteiger partial charge in [0.2, 0.25) is 17.6 Å². The van der Waals surface area contributed by atoms with Crippen molar-refractivity contribution >= 4 is 29.6 Å². The van der Waals surface area contributed by atoms with Gasteiger partial charge >= 0.3 is 11.9 Å². The second kappa shape index (κ2) is 4.63. The zero-order valence-corrected chi connectivity index (χ0v) is 10.0. The van der Waals surface area contributed by atoms with E-state index in [9.17, 15) is 24.0 Å². The number of amides is 4. The lowest BCUT2D eigenvalue weighted by Gasteiger charge is -2.23. The molecule has 0 unspecified atom stereocenters. The summed E-state index contributed by atoms with van der Waals surface area (Å²) < 4.78 is 4.66. The molecule has 1 saturated heterocycles. The van der Waals surface area contributed by atoms with Gasteiger partial charge in [0.1, 0.15) is 0 Å². The maximum absolute atomic E-state index is 11.9. The Kier molecular flexibility index (Phi) is 3.16. The number of esters is 1. The van der Waals surface area contributed by atoms with E-state index in [1.165, 1.54) is 6.92 Å². The molecule has 0 aromatic carbocycles. The first-order valence-corrected chi connectivity index (χ1v) is 5.62. The van der Waals surface area contributed by atoms with Crippen molar-refractivity contribution in [3.63, 3.8) is 0 Å². The predicted octanol–water partition coefficient (Wildman–Crippen LogP) is -0.744. The van der Waals surface area contributed by atoms with Gasteiger partial charge in [0, 0.05) is 19.3 Å². The summed E-state index contributed by atoms with van der Waals surface area (Å²) >= 11 is 0. The molecule has 2 aliphatic rings. The van der Waals surface area contributed by atoms with Crippen molar-refractivity contribution in [3.05, 3.63) is 11.8 Å². The van der Waals surface area contributed by atoms with Crippen LogP contribution in [-0.4, -0.2) is 39.6 Å². The van der Waals surface area contributed by atoms with Crippen LogP contribution < -0.4 is 0 Å². The van der Waals surface area contributed by atoms with Crippen molar-refractivity contribution in [1.29, 1.82) is 0 Å². The van der Waals surface area contributed by atoms with Gasteiger partial charge in [0.05, 0.1) is 6.08 Å². The Morgan fingerprint density at radius 1 is 1.16 bits per heavy atom. The van der Waals surface area contributed by atoms with E-state index in [0.717, 1.165) is 6.08 Å². The number of nitrogens with zero attached hydrogens (tertiary/aromatic N) is 2. The number of imide groups is 2. The third-order valence-corrected chi connectivity index (χ3v) is 2.60. The predicted molar refractivity (Wildman–Crippen MR) is 57.4 cm³/mol. The first-order chi connectivity index (χ1) is 8.95. The summed E-state index contributed by atoms with van der Waals surface area (Å²) in [6.45, 7) is 1.52. The van der Waals surface area contributed by atoms with E-state index in [2.05, 4.69) is 4.74 Å². The number of hydrogen-bond acceptors (Lipinski definition) is 6. The van der Waals surface area contributed by atoms with Gasteiger partial charge in [0.15, 0.2) is 0 Å². The molecule has 0 bridgehead atoms. The fourth-order valence-corrected chi connectivity index (χ4v) is 1.68. The van der Waals surface area contributed by atoms with E-state index < -0.39 is 35.4 Å². The normalized spacial score (nSPS) is 19.3. The fraction of sp³-hybridized carbons (Fsp3) is 0.364. The summed E-state index contributed by atoms with van der Waals surface area (Å²) in [5, 5.41) is 0.893. The minimum atomic E-state index is -0.990. The van der Waals surface area contributed by atoms with E-state index in [0.29, 0.717) is 10.0 Å². The van der Waals surface area contributed by atoms with E-state index in [1.54, 1.807) is 0 Å². The molecule has 100 valence electrons. The molecule has 0 atom stereocenters. The standard InChI is InChI=1S/C11H10N2O6/c1-2-10(17)19-6-5-9(16)13(11(6)18)12-7(14)3-4-8(12)15/h5H,2-4H2,1H3. The van der Waals surface area contributed by atoms with Crippen LogP contribution in [0.5, 0.6) is 0 Å². The quantitative estimate of drug-likeness (QED) is 0.492. The maximum atomic E-state index is 11.9. The van der Waals surface area contributed by atoms with Crippen LogP contribution in [0.4, 0.5) is 0 Å².